The first-order valence-corrected chi connectivity index (χ1v) is 27.7. The number of aromatic nitrogens is 4. The van der Waals surface area contributed by atoms with Crippen molar-refractivity contribution >= 4 is 73.5 Å². The van der Waals surface area contributed by atoms with E-state index >= 15 is 0 Å². The fraction of sp³-hybridized carbons (Fsp3) is 0. The molecule has 169 valence electrons. The molecule has 0 atom stereocenters. The van der Waals surface area contributed by atoms with Crippen LogP contribution < -0.4 is 16.9 Å². The van der Waals surface area contributed by atoms with Gasteiger partial charge in [0.25, 0.3) is 0 Å². The van der Waals surface area contributed by atoms with Gasteiger partial charge in [0.05, 0.1) is 0 Å². The summed E-state index contributed by atoms with van der Waals surface area (Å²) in [6.07, 6.45) is 7.17. The summed E-state index contributed by atoms with van der Waals surface area (Å²) in [5.41, 5.74) is 0. The molecule has 5 rings (SSSR count). The average Bonchev–Trinajstić information content (AvgIpc) is 2.92. The Labute approximate surface area is 219 Å². The Hall–Kier alpha value is -1.83. The summed E-state index contributed by atoms with van der Waals surface area (Å²) in [6, 6.07) is 34.2. The molecule has 4 heterocycles. The van der Waals surface area contributed by atoms with Crippen LogP contribution in [0.4, 0.5) is 0 Å². The molecule has 0 amide bonds. The van der Waals surface area contributed by atoms with Gasteiger partial charge in [0, 0.05) is 0 Å². The van der Waals surface area contributed by atoms with Crippen molar-refractivity contribution in [3.8, 4) is 0 Å². The first-order chi connectivity index (χ1) is 16.7. The van der Waals surface area contributed by atoms with Crippen LogP contribution in [0.3, 0.4) is 0 Å². The molecule has 8 heteroatoms. The van der Waals surface area contributed by atoms with E-state index in [0.717, 1.165) is 6.80 Å². The fourth-order valence-corrected chi connectivity index (χ4v) is 19.3. The zero-order valence-corrected chi connectivity index (χ0v) is 26.5. The second-order valence-electron chi connectivity index (χ2n) is 6.94. The van der Waals surface area contributed by atoms with E-state index in [0.29, 0.717) is 0 Å². The van der Waals surface area contributed by atoms with E-state index in [1.165, 1.54) is 10.1 Å². The van der Waals surface area contributed by atoms with Crippen molar-refractivity contribution in [2.75, 3.05) is 0 Å². The van der Waals surface area contributed by atoms with E-state index in [9.17, 15) is 0 Å². The average molecular weight is 878 g/mol. The van der Waals surface area contributed by atoms with Crippen molar-refractivity contribution in [1.82, 2.24) is 19.9 Å². The number of hydrogen-bond acceptors (Lipinski definition) is 4. The van der Waals surface area contributed by atoms with Crippen LogP contribution in [0.25, 0.3) is 0 Å². The Morgan fingerprint density at radius 2 is 0.882 bits per heavy atom. The molecule has 34 heavy (non-hydrogen) atoms. The Kier molecular flexibility index (Phi) is 9.47. The topological polar surface area (TPSA) is 51.6 Å². The third-order valence-corrected chi connectivity index (χ3v) is 26.0. The zero-order chi connectivity index (χ0) is 23.6. The summed E-state index contributed by atoms with van der Waals surface area (Å²) in [4.78, 5) is 17.6. The summed E-state index contributed by atoms with van der Waals surface area (Å²) >= 11 is -5.87. The maximum absolute atomic E-state index is 6.44. The van der Waals surface area contributed by atoms with E-state index in [-0.39, 0.29) is 0 Å². The van der Waals surface area contributed by atoms with Crippen molar-refractivity contribution < 1.29 is 0 Å². The predicted molar refractivity (Wildman–Crippen MR) is 145 cm³/mol. The molecule has 5 aromatic rings. The van der Waals surface area contributed by atoms with Gasteiger partial charge in [0.15, 0.2) is 0 Å². The minimum atomic E-state index is -3.58. The van der Waals surface area contributed by atoms with Gasteiger partial charge in [-0.1, -0.05) is 0 Å². The molecule has 0 saturated carbocycles. The minimum absolute atomic E-state index is 0.791. The number of benzene rings is 1. The summed E-state index contributed by atoms with van der Waals surface area (Å²) in [5.74, 6) is 0. The van der Waals surface area contributed by atoms with E-state index in [1.807, 2.05) is 60.9 Å². The molecule has 4 aromatic heterocycles. The summed E-state index contributed by atoms with van der Waals surface area (Å²) in [5, 5.41) is 0. The van der Waals surface area contributed by atoms with Crippen LogP contribution >= 0.6 is 17.0 Å². The van der Waals surface area contributed by atoms with Gasteiger partial charge in [-0.15, -0.1) is 0 Å². The molecule has 1 radical (unpaired) electrons. The molecular weight excluding hydrogens is 857 g/mol. The first kappa shape index (κ1) is 25.3. The molecule has 0 aliphatic rings. The van der Waals surface area contributed by atoms with Gasteiger partial charge in [0.2, 0.25) is 0 Å². The molecule has 0 aliphatic carbocycles. The van der Waals surface area contributed by atoms with Crippen LogP contribution in [0.2, 0.25) is 0 Å². The summed E-state index contributed by atoms with van der Waals surface area (Å²) in [6.45, 7) is 0. The van der Waals surface area contributed by atoms with Gasteiger partial charge in [-0.05, 0) is 0 Å². The van der Waals surface area contributed by atoms with Gasteiger partial charge in [0.1, 0.15) is 0 Å². The van der Waals surface area contributed by atoms with Crippen LogP contribution in [0.1, 0.15) is 0 Å². The van der Waals surface area contributed by atoms with Gasteiger partial charge < -0.3 is 0 Å². The van der Waals surface area contributed by atoms with Crippen molar-refractivity contribution in [2.45, 2.75) is 0 Å². The molecule has 1 aromatic carbocycles. The molecule has 4 nitrogen and oxygen atoms in total. The van der Waals surface area contributed by atoms with E-state index < -0.39 is 39.6 Å². The van der Waals surface area contributed by atoms with Gasteiger partial charge in [-0.3, -0.25) is 0 Å². The van der Waals surface area contributed by atoms with Gasteiger partial charge >= 0.3 is 221 Å². The Morgan fingerprint density at radius 3 is 1.26 bits per heavy atom. The van der Waals surface area contributed by atoms with Crippen molar-refractivity contribution in [3.05, 3.63) is 128 Å². The van der Waals surface area contributed by atoms with Crippen LogP contribution in [0.15, 0.2) is 128 Å². The van der Waals surface area contributed by atoms with Gasteiger partial charge in [-0.25, -0.2) is 0 Å². The third-order valence-electron chi connectivity index (χ3n) is 4.65. The van der Waals surface area contributed by atoms with Gasteiger partial charge in [-0.2, -0.15) is 0 Å². The monoisotopic (exact) mass is 877 g/mol. The normalized spacial score (nSPS) is 10.9. The molecule has 0 aliphatic heterocycles. The second-order valence-corrected chi connectivity index (χ2v) is 33.1. The molecule has 0 fully saturated rings. The summed E-state index contributed by atoms with van der Waals surface area (Å²) in [7, 11) is 12.9. The maximum atomic E-state index is 6.44. The number of hydrogen-bond donors (Lipinski definition) is 0. The molecule has 0 unspecified atom stereocenters. The van der Waals surface area contributed by atoms with Crippen molar-refractivity contribution in [1.29, 1.82) is 0 Å². The SMILES string of the molecule is [Cl][Bi]([Cl])([c]1ccccn1)[c]1ccccn1.c1cc[c]([Bi]([c]2ccccn2)[c]2ccccn2)cc1. The Balaban J connectivity index is 0.000000166. The Bertz CT molecular complexity index is 1130. The number of rotatable bonds is 5. The zero-order valence-electron chi connectivity index (χ0n) is 18.1. The second kappa shape index (κ2) is 12.7. The predicted octanol–water partition coefficient (Wildman–Crippen LogP) is 2.50. The van der Waals surface area contributed by atoms with Crippen LogP contribution in [-0.2, 0) is 0 Å². The molecular formula is C26H21Bi2Cl2N4. The standard InChI is InChI=1S/C6H5.4C5H4N.2Bi.2ClH/c5*1-2-4-6-5-3-1;;;;/h1-5H;4*1-4H;;;2*1H/q;;;;;;+2;;/p-2. The van der Waals surface area contributed by atoms with Crippen LogP contribution in [0.5, 0.6) is 0 Å². The molecule has 0 spiro atoms. The summed E-state index contributed by atoms with van der Waals surface area (Å²) < 4.78 is 5.44. The third kappa shape index (κ3) is 6.64. The first-order valence-electron chi connectivity index (χ1n) is 10.4. The van der Waals surface area contributed by atoms with E-state index in [4.69, 9.17) is 17.0 Å². The van der Waals surface area contributed by atoms with Crippen LogP contribution in [-0.4, -0.2) is 59.6 Å². The molecule has 0 saturated heterocycles. The van der Waals surface area contributed by atoms with E-state index in [1.54, 1.807) is 12.4 Å². The quantitative estimate of drug-likeness (QED) is 0.255. The van der Waals surface area contributed by atoms with Crippen molar-refractivity contribution in [3.63, 3.8) is 0 Å². The van der Waals surface area contributed by atoms with Crippen LogP contribution in [0, 0.1) is 0 Å². The molecule has 0 N–H and O–H groups in total. The number of halogens is 2. The fourth-order valence-electron chi connectivity index (χ4n) is 3.09. The van der Waals surface area contributed by atoms with E-state index in [2.05, 4.69) is 74.5 Å². The molecule has 0 bridgehead atoms. The number of nitrogens with zero attached hydrogens (tertiary/aromatic N) is 4. The number of pyridine rings is 4. The Morgan fingerprint density at radius 1 is 0.471 bits per heavy atom. The van der Waals surface area contributed by atoms with Crippen molar-refractivity contribution in [2.24, 2.45) is 0 Å².